The second-order valence-corrected chi connectivity index (χ2v) is 9.46. The van der Waals surface area contributed by atoms with Crippen LogP contribution in [0.1, 0.15) is 0 Å². The summed E-state index contributed by atoms with van der Waals surface area (Å²) < 4.78 is 237. The van der Waals surface area contributed by atoms with Crippen LogP contribution in [0.2, 0.25) is 0 Å². The number of hydrogen-bond acceptors (Lipinski definition) is 4. The van der Waals surface area contributed by atoms with Crippen molar-refractivity contribution in [2.45, 2.75) is 34.9 Å². The van der Waals surface area contributed by atoms with Gasteiger partial charge in [-0.05, 0) is 12.1 Å². The van der Waals surface area contributed by atoms with Crippen LogP contribution in [0.5, 0.6) is 0 Å². The first kappa shape index (κ1) is 33.1. The van der Waals surface area contributed by atoms with Gasteiger partial charge in [0.25, 0.3) is 5.79 Å². The van der Waals surface area contributed by atoms with Gasteiger partial charge in [-0.2, -0.15) is 26.3 Å². The van der Waals surface area contributed by atoms with E-state index < -0.39 is 115 Å². The standard InChI is InChI=1S/C24H12F16N4/c25-8-6-19(34,23(37,38)24(39,40)22(8,35)36)44(7-4-2-1-3-5-7)21(43)17(32)13(28)10(14(29)18(21)33)9-11(26)15(30)20(41,42)16(31)12(9)27/h1-6H,41-43H2. The predicted molar refractivity (Wildman–Crippen MR) is 119 cm³/mol. The summed E-state index contributed by atoms with van der Waals surface area (Å²) in [6.07, 6.45) is -1.59. The molecule has 4 nitrogen and oxygen atoms in total. The van der Waals surface area contributed by atoms with Gasteiger partial charge in [-0.1, -0.05) is 18.2 Å². The third-order valence-corrected chi connectivity index (χ3v) is 6.83. The molecule has 20 heteroatoms. The zero-order chi connectivity index (χ0) is 33.7. The van der Waals surface area contributed by atoms with Crippen LogP contribution in [0, 0.1) is 0 Å². The molecule has 44 heavy (non-hydrogen) atoms. The number of anilines is 1. The second-order valence-electron chi connectivity index (χ2n) is 9.46. The molecule has 0 aromatic heterocycles. The maximum Gasteiger partial charge on any atom is 0.384 e. The Morgan fingerprint density at radius 2 is 0.909 bits per heavy atom. The zero-order valence-corrected chi connectivity index (χ0v) is 20.7. The smallest absolute Gasteiger partial charge is 0.302 e. The minimum Gasteiger partial charge on any atom is -0.302 e. The molecule has 0 spiro atoms. The Hall–Kier alpha value is -3.78. The SMILES string of the molecule is NC1(N)C(F)=C(F)C(=C2C(F)=C(F)C(N)(N(c3ccccc3)C3(F)C=C(F)C(F)(F)C(F)(F)C3(F)F)C(F)=C2F)C(F)=C1F. The van der Waals surface area contributed by atoms with E-state index >= 15 is 30.7 Å². The van der Waals surface area contributed by atoms with Gasteiger partial charge in [0, 0.05) is 11.8 Å². The third-order valence-electron chi connectivity index (χ3n) is 6.83. The molecule has 3 aliphatic carbocycles. The molecule has 0 saturated carbocycles. The summed E-state index contributed by atoms with van der Waals surface area (Å²) >= 11 is 0. The fourth-order valence-corrected chi connectivity index (χ4v) is 4.50. The van der Waals surface area contributed by atoms with Crippen molar-refractivity contribution in [3.8, 4) is 0 Å². The highest BCUT2D eigenvalue weighted by Gasteiger charge is 2.86. The molecule has 0 fully saturated rings. The van der Waals surface area contributed by atoms with Crippen LogP contribution in [-0.2, 0) is 0 Å². The number of hydrogen-bond donors (Lipinski definition) is 3. The highest BCUT2D eigenvalue weighted by atomic mass is 19.4. The lowest BCUT2D eigenvalue weighted by atomic mass is 9.82. The molecule has 1 aromatic carbocycles. The molecular weight excluding hydrogens is 648 g/mol. The van der Waals surface area contributed by atoms with Gasteiger partial charge in [-0.3, -0.25) is 5.73 Å². The molecule has 1 unspecified atom stereocenters. The molecule has 0 amide bonds. The van der Waals surface area contributed by atoms with Crippen LogP contribution >= 0.6 is 0 Å². The van der Waals surface area contributed by atoms with Crippen molar-refractivity contribution in [3.63, 3.8) is 0 Å². The normalized spacial score (nSPS) is 29.8. The van der Waals surface area contributed by atoms with Crippen molar-refractivity contribution in [1.82, 2.24) is 0 Å². The van der Waals surface area contributed by atoms with Crippen LogP contribution < -0.4 is 22.1 Å². The van der Waals surface area contributed by atoms with Gasteiger partial charge in [0.05, 0.1) is 11.1 Å². The van der Waals surface area contributed by atoms with Gasteiger partial charge in [-0.15, -0.1) is 0 Å². The Balaban J connectivity index is 2.15. The Labute approximate surface area is 233 Å². The van der Waals surface area contributed by atoms with Crippen LogP contribution in [0.4, 0.5) is 75.9 Å². The van der Waals surface area contributed by atoms with Crippen LogP contribution in [0.15, 0.2) is 100.0 Å². The number of allylic oxidation sites excluding steroid dienone is 7. The highest BCUT2D eigenvalue weighted by Crippen LogP contribution is 2.62. The zero-order valence-electron chi connectivity index (χ0n) is 20.7. The van der Waals surface area contributed by atoms with E-state index in [0.717, 1.165) is 6.07 Å². The summed E-state index contributed by atoms with van der Waals surface area (Å²) in [7, 11) is 0. The first-order chi connectivity index (χ1) is 19.9. The van der Waals surface area contributed by atoms with Crippen molar-refractivity contribution in [2.24, 2.45) is 17.2 Å². The first-order valence-electron chi connectivity index (χ1n) is 11.3. The summed E-state index contributed by atoms with van der Waals surface area (Å²) in [5, 5.41) is 0. The molecule has 240 valence electrons. The second kappa shape index (κ2) is 9.61. The summed E-state index contributed by atoms with van der Waals surface area (Å²) in [5.74, 6) is -54.4. The van der Waals surface area contributed by atoms with E-state index in [4.69, 9.17) is 17.2 Å². The van der Waals surface area contributed by atoms with E-state index in [9.17, 15) is 39.5 Å². The van der Waals surface area contributed by atoms with Crippen molar-refractivity contribution in [3.05, 3.63) is 100.0 Å². The Bertz CT molecular complexity index is 1580. The summed E-state index contributed by atoms with van der Waals surface area (Å²) in [6, 6.07) is 2.89. The van der Waals surface area contributed by atoms with E-state index in [1.54, 1.807) is 0 Å². The van der Waals surface area contributed by atoms with E-state index in [2.05, 4.69) is 0 Å². The van der Waals surface area contributed by atoms with E-state index in [-0.39, 0.29) is 0 Å². The monoisotopic (exact) mass is 660 g/mol. The van der Waals surface area contributed by atoms with Crippen molar-refractivity contribution in [2.75, 3.05) is 4.90 Å². The van der Waals surface area contributed by atoms with Crippen LogP contribution in [0.3, 0.4) is 0 Å². The average Bonchev–Trinajstić information content (AvgIpc) is 2.95. The minimum atomic E-state index is -7.08. The largest absolute Gasteiger partial charge is 0.384 e. The summed E-state index contributed by atoms with van der Waals surface area (Å²) in [6.45, 7) is 0. The fourth-order valence-electron chi connectivity index (χ4n) is 4.50. The number of halogens is 16. The molecule has 0 aliphatic heterocycles. The number of para-hydroxylation sites is 1. The fraction of sp³-hybridized carbons (Fsp3) is 0.250. The number of alkyl halides is 7. The van der Waals surface area contributed by atoms with Gasteiger partial charge in [0.1, 0.15) is 0 Å². The van der Waals surface area contributed by atoms with Crippen molar-refractivity contribution in [1.29, 1.82) is 0 Å². The number of rotatable bonds is 3. The van der Waals surface area contributed by atoms with Gasteiger partial charge in [-0.25, -0.2) is 43.9 Å². The molecule has 0 heterocycles. The summed E-state index contributed by atoms with van der Waals surface area (Å²) in [4.78, 5) is -1.49. The quantitative estimate of drug-likeness (QED) is 0.183. The van der Waals surface area contributed by atoms with Crippen molar-refractivity contribution < 1.29 is 70.2 Å². The minimum absolute atomic E-state index is 0.297. The lowest BCUT2D eigenvalue weighted by Gasteiger charge is -2.53. The third kappa shape index (κ3) is 3.79. The van der Waals surface area contributed by atoms with Gasteiger partial charge in [0.15, 0.2) is 58.1 Å². The number of nitrogens with zero attached hydrogens (tertiary/aromatic N) is 1. The predicted octanol–water partition coefficient (Wildman–Crippen LogP) is 7.13. The first-order valence-corrected chi connectivity index (χ1v) is 11.3. The van der Waals surface area contributed by atoms with Gasteiger partial charge < -0.3 is 16.4 Å². The lowest BCUT2D eigenvalue weighted by molar-refractivity contribution is -0.340. The molecule has 0 saturated heterocycles. The molecule has 4 rings (SSSR count). The molecule has 6 N–H and O–H groups in total. The van der Waals surface area contributed by atoms with Crippen molar-refractivity contribution >= 4 is 5.69 Å². The summed E-state index contributed by atoms with van der Waals surface area (Å²) in [5.41, 5.74) is -0.645. The maximum atomic E-state index is 16.3. The molecule has 0 bridgehead atoms. The Morgan fingerprint density at radius 3 is 1.32 bits per heavy atom. The average molecular weight is 660 g/mol. The highest BCUT2D eigenvalue weighted by molar-refractivity contribution is 5.69. The van der Waals surface area contributed by atoms with E-state index in [1.165, 1.54) is 0 Å². The van der Waals surface area contributed by atoms with Crippen LogP contribution in [0.25, 0.3) is 0 Å². The maximum absolute atomic E-state index is 16.3. The number of nitrogens with two attached hydrogens (primary N) is 3. The Kier molecular flexibility index (Phi) is 7.23. The topological polar surface area (TPSA) is 81.3 Å². The Morgan fingerprint density at radius 1 is 0.523 bits per heavy atom. The lowest BCUT2D eigenvalue weighted by Crippen LogP contribution is -2.77. The van der Waals surface area contributed by atoms with Gasteiger partial charge in [0.2, 0.25) is 5.66 Å². The molecule has 1 aromatic rings. The molecule has 1 atom stereocenters. The molecule has 0 radical (unpaired) electrons. The van der Waals surface area contributed by atoms with Gasteiger partial charge >= 0.3 is 17.8 Å². The number of benzene rings is 1. The molecular formula is C24H12F16N4. The van der Waals surface area contributed by atoms with E-state index in [0.29, 0.717) is 24.3 Å². The van der Waals surface area contributed by atoms with Crippen LogP contribution in [-0.4, -0.2) is 34.9 Å². The molecule has 3 aliphatic rings. The van der Waals surface area contributed by atoms with E-state index in [1.807, 2.05) is 0 Å².